The van der Waals surface area contributed by atoms with Crippen molar-refractivity contribution in [3.63, 3.8) is 0 Å². The first-order chi connectivity index (χ1) is 10.8. The van der Waals surface area contributed by atoms with E-state index in [4.69, 9.17) is 0 Å². The summed E-state index contributed by atoms with van der Waals surface area (Å²) < 4.78 is 0. The zero-order valence-electron chi connectivity index (χ0n) is 15.4. The van der Waals surface area contributed by atoms with Crippen LogP contribution in [0.1, 0.15) is 73.1 Å². The predicted molar refractivity (Wildman–Crippen MR) is 95.2 cm³/mol. The topological polar surface area (TPSA) is 34.1 Å². The summed E-state index contributed by atoms with van der Waals surface area (Å²) in [5, 5.41) is 0. The van der Waals surface area contributed by atoms with Crippen molar-refractivity contribution in [1.29, 1.82) is 0 Å². The van der Waals surface area contributed by atoms with Crippen LogP contribution in [0.15, 0.2) is 23.3 Å². The molecule has 0 N–H and O–H groups in total. The molecule has 0 spiro atoms. The molecule has 2 heteroatoms. The Bertz CT molecular complexity index is 536. The van der Waals surface area contributed by atoms with E-state index in [0.717, 1.165) is 37.7 Å². The summed E-state index contributed by atoms with van der Waals surface area (Å²) in [5.74, 6) is 1.94. The number of hydrogen-bond acceptors (Lipinski definition) is 2. The zero-order valence-corrected chi connectivity index (χ0v) is 15.4. The average molecular weight is 316 g/mol. The molecule has 0 aromatic rings. The van der Waals surface area contributed by atoms with Gasteiger partial charge >= 0.3 is 0 Å². The van der Waals surface area contributed by atoms with Crippen molar-refractivity contribution in [1.82, 2.24) is 0 Å². The standard InChI is InChI=1S/C21H32O2/c1-6-16(13-17(22)11-14(2)3)18-9-10-21(5)19(18)8-7-15(4)12-20(21)23/h11-12,16,18-19H,6-10,13H2,1-5H3. The summed E-state index contributed by atoms with van der Waals surface area (Å²) in [6.45, 7) is 10.4. The molecule has 0 saturated heterocycles. The second-order valence-corrected chi connectivity index (χ2v) is 8.18. The van der Waals surface area contributed by atoms with E-state index in [9.17, 15) is 9.59 Å². The van der Waals surface area contributed by atoms with E-state index in [2.05, 4.69) is 20.8 Å². The van der Waals surface area contributed by atoms with Crippen LogP contribution in [-0.4, -0.2) is 11.6 Å². The minimum Gasteiger partial charge on any atom is -0.295 e. The van der Waals surface area contributed by atoms with Gasteiger partial charge in [0.1, 0.15) is 0 Å². The third kappa shape index (κ3) is 3.84. The summed E-state index contributed by atoms with van der Waals surface area (Å²) in [6, 6.07) is 0. The molecule has 0 bridgehead atoms. The molecule has 4 unspecified atom stereocenters. The summed E-state index contributed by atoms with van der Waals surface area (Å²) in [4.78, 5) is 24.9. The van der Waals surface area contributed by atoms with E-state index in [0.29, 0.717) is 30.0 Å². The van der Waals surface area contributed by atoms with Crippen molar-refractivity contribution >= 4 is 11.6 Å². The van der Waals surface area contributed by atoms with E-state index < -0.39 is 0 Å². The molecule has 0 aromatic heterocycles. The molecular weight excluding hydrogens is 284 g/mol. The Morgan fingerprint density at radius 2 is 2.09 bits per heavy atom. The molecule has 128 valence electrons. The number of carbonyl (C=O) groups excluding carboxylic acids is 2. The molecule has 2 aliphatic rings. The lowest BCUT2D eigenvalue weighted by Crippen LogP contribution is -2.34. The fraction of sp³-hybridized carbons (Fsp3) is 0.714. The molecule has 0 heterocycles. The van der Waals surface area contributed by atoms with Crippen molar-refractivity contribution in [3.05, 3.63) is 23.3 Å². The minimum absolute atomic E-state index is 0.199. The van der Waals surface area contributed by atoms with E-state index in [1.54, 1.807) is 6.08 Å². The van der Waals surface area contributed by atoms with E-state index in [1.165, 1.54) is 5.57 Å². The third-order valence-corrected chi connectivity index (χ3v) is 6.17. The Labute approximate surface area is 141 Å². The molecule has 0 aliphatic heterocycles. The number of carbonyl (C=O) groups is 2. The maximum Gasteiger partial charge on any atom is 0.161 e. The molecule has 0 aromatic carbocycles. The van der Waals surface area contributed by atoms with Crippen LogP contribution < -0.4 is 0 Å². The monoisotopic (exact) mass is 316 g/mol. The zero-order chi connectivity index (χ0) is 17.2. The SMILES string of the molecule is CCC(CC(=O)C=C(C)C)C1CCC2(C)C(=O)C=C(C)CCC12. The summed E-state index contributed by atoms with van der Waals surface area (Å²) in [7, 11) is 0. The quantitative estimate of drug-likeness (QED) is 0.647. The smallest absolute Gasteiger partial charge is 0.161 e. The minimum atomic E-state index is -0.199. The van der Waals surface area contributed by atoms with Crippen molar-refractivity contribution in [2.24, 2.45) is 23.2 Å². The van der Waals surface area contributed by atoms with Gasteiger partial charge in [-0.05, 0) is 76.4 Å². The van der Waals surface area contributed by atoms with Crippen LogP contribution in [0, 0.1) is 23.2 Å². The Kier molecular flexibility index (Phi) is 5.65. The van der Waals surface area contributed by atoms with Crippen molar-refractivity contribution in [3.8, 4) is 0 Å². The molecule has 0 amide bonds. The summed E-state index contributed by atoms with van der Waals surface area (Å²) in [5.41, 5.74) is 2.10. The van der Waals surface area contributed by atoms with Gasteiger partial charge in [0.25, 0.3) is 0 Å². The van der Waals surface area contributed by atoms with Crippen molar-refractivity contribution < 1.29 is 9.59 Å². The second-order valence-electron chi connectivity index (χ2n) is 8.18. The average Bonchev–Trinajstić information content (AvgIpc) is 2.75. The van der Waals surface area contributed by atoms with E-state index >= 15 is 0 Å². The Balaban J connectivity index is 2.18. The molecule has 23 heavy (non-hydrogen) atoms. The fourth-order valence-corrected chi connectivity index (χ4v) is 4.81. The molecule has 4 atom stereocenters. The van der Waals surface area contributed by atoms with Gasteiger partial charge in [0, 0.05) is 11.8 Å². The number of allylic oxidation sites excluding steroid dienone is 4. The number of fused-ring (bicyclic) bond motifs is 1. The highest BCUT2D eigenvalue weighted by Crippen LogP contribution is 2.54. The van der Waals surface area contributed by atoms with Gasteiger partial charge in [-0.25, -0.2) is 0 Å². The van der Waals surface area contributed by atoms with Gasteiger partial charge in [-0.3, -0.25) is 9.59 Å². The van der Waals surface area contributed by atoms with Gasteiger partial charge in [0.05, 0.1) is 0 Å². The van der Waals surface area contributed by atoms with Crippen LogP contribution in [0.25, 0.3) is 0 Å². The highest BCUT2D eigenvalue weighted by atomic mass is 16.1. The number of ketones is 2. The predicted octanol–water partition coefficient (Wildman–Crippen LogP) is 5.28. The maximum atomic E-state index is 12.7. The lowest BCUT2D eigenvalue weighted by molar-refractivity contribution is -0.125. The normalized spacial score (nSPS) is 31.9. The fourth-order valence-electron chi connectivity index (χ4n) is 4.81. The van der Waals surface area contributed by atoms with Gasteiger partial charge in [-0.15, -0.1) is 0 Å². The van der Waals surface area contributed by atoms with Crippen LogP contribution >= 0.6 is 0 Å². The third-order valence-electron chi connectivity index (χ3n) is 6.17. The van der Waals surface area contributed by atoms with Gasteiger partial charge in [-0.1, -0.05) is 31.4 Å². The largest absolute Gasteiger partial charge is 0.295 e. The van der Waals surface area contributed by atoms with E-state index in [-0.39, 0.29) is 11.2 Å². The van der Waals surface area contributed by atoms with Crippen LogP contribution in [0.3, 0.4) is 0 Å². The Morgan fingerprint density at radius 1 is 1.39 bits per heavy atom. The highest BCUT2D eigenvalue weighted by molar-refractivity contribution is 5.96. The Morgan fingerprint density at radius 3 is 2.70 bits per heavy atom. The van der Waals surface area contributed by atoms with Crippen LogP contribution in [-0.2, 0) is 9.59 Å². The van der Waals surface area contributed by atoms with Crippen LogP contribution in [0.5, 0.6) is 0 Å². The summed E-state index contributed by atoms with van der Waals surface area (Å²) >= 11 is 0. The molecule has 2 rings (SSSR count). The first-order valence-electron chi connectivity index (χ1n) is 9.17. The number of rotatable bonds is 5. The lowest BCUT2D eigenvalue weighted by atomic mass is 9.69. The van der Waals surface area contributed by atoms with Crippen molar-refractivity contribution in [2.45, 2.75) is 73.1 Å². The highest BCUT2D eigenvalue weighted by Gasteiger charge is 2.51. The first kappa shape index (κ1) is 18.2. The van der Waals surface area contributed by atoms with E-state index in [1.807, 2.05) is 19.9 Å². The Hall–Kier alpha value is -1.18. The molecule has 1 fully saturated rings. The van der Waals surface area contributed by atoms with Gasteiger partial charge in [0.15, 0.2) is 11.6 Å². The van der Waals surface area contributed by atoms with Gasteiger partial charge < -0.3 is 0 Å². The van der Waals surface area contributed by atoms with Crippen LogP contribution in [0.2, 0.25) is 0 Å². The number of hydrogen-bond donors (Lipinski definition) is 0. The summed E-state index contributed by atoms with van der Waals surface area (Å²) in [6.07, 6.45) is 9.54. The molecular formula is C21H32O2. The van der Waals surface area contributed by atoms with Crippen LogP contribution in [0.4, 0.5) is 0 Å². The molecule has 2 nitrogen and oxygen atoms in total. The maximum absolute atomic E-state index is 12.7. The van der Waals surface area contributed by atoms with Crippen molar-refractivity contribution in [2.75, 3.05) is 0 Å². The molecule has 0 radical (unpaired) electrons. The van der Waals surface area contributed by atoms with Gasteiger partial charge in [0.2, 0.25) is 0 Å². The molecule has 2 aliphatic carbocycles. The van der Waals surface area contributed by atoms with Gasteiger partial charge in [-0.2, -0.15) is 0 Å². The molecule has 1 saturated carbocycles. The lowest BCUT2D eigenvalue weighted by Gasteiger charge is -2.34. The second kappa shape index (κ2) is 7.15. The first-order valence-corrected chi connectivity index (χ1v) is 9.17.